The van der Waals surface area contributed by atoms with Gasteiger partial charge in [-0.1, -0.05) is 66.2 Å². The van der Waals surface area contributed by atoms with Gasteiger partial charge in [0.25, 0.3) is 0 Å². The van der Waals surface area contributed by atoms with E-state index in [-0.39, 0.29) is 43.8 Å². The predicted octanol–water partition coefficient (Wildman–Crippen LogP) is 6.08. The van der Waals surface area contributed by atoms with E-state index < -0.39 is 17.3 Å². The van der Waals surface area contributed by atoms with Crippen LogP contribution in [-0.4, -0.2) is 29.0 Å². The second kappa shape index (κ2) is 9.20. The van der Waals surface area contributed by atoms with Gasteiger partial charge in [-0.3, -0.25) is 4.79 Å². The number of carbonyl (C=O) groups excluding carboxylic acids is 1. The summed E-state index contributed by atoms with van der Waals surface area (Å²) in [5.41, 5.74) is 0.709. The lowest BCUT2D eigenvalue weighted by Gasteiger charge is -2.38. The fourth-order valence-electron chi connectivity index (χ4n) is 4.21. The van der Waals surface area contributed by atoms with Crippen molar-refractivity contribution in [3.63, 3.8) is 0 Å². The number of halogens is 4. The molecule has 0 aromatic heterocycles. The average molecular weight is 474 g/mol. The number of rotatable bonds is 4. The lowest BCUT2D eigenvalue weighted by Crippen LogP contribution is -2.45. The Morgan fingerprint density at radius 2 is 1.67 bits per heavy atom. The minimum Gasteiger partial charge on any atom is -0.385 e. The molecule has 1 aliphatic rings. The zero-order chi connectivity index (χ0) is 23.6. The third-order valence-electron chi connectivity index (χ3n) is 6.14. The van der Waals surface area contributed by atoms with Gasteiger partial charge in [-0.2, -0.15) is 13.2 Å². The highest BCUT2D eigenvalue weighted by Crippen LogP contribution is 2.37. The van der Waals surface area contributed by atoms with Crippen LogP contribution >= 0.6 is 11.6 Å². The van der Waals surface area contributed by atoms with Gasteiger partial charge in [0, 0.05) is 23.7 Å². The molecule has 3 nitrogen and oxygen atoms in total. The van der Waals surface area contributed by atoms with Gasteiger partial charge in [-0.05, 0) is 47.7 Å². The molecule has 0 unspecified atom stereocenters. The molecular formula is C26H23ClF3NO2. The predicted molar refractivity (Wildman–Crippen MR) is 122 cm³/mol. The molecule has 0 atom stereocenters. The summed E-state index contributed by atoms with van der Waals surface area (Å²) in [5, 5.41) is 11.5. The van der Waals surface area contributed by atoms with E-state index in [1.54, 1.807) is 11.0 Å². The van der Waals surface area contributed by atoms with Crippen LogP contribution in [0.1, 0.15) is 29.5 Å². The number of alkyl halides is 3. The van der Waals surface area contributed by atoms with E-state index in [0.29, 0.717) is 5.02 Å². The van der Waals surface area contributed by atoms with Gasteiger partial charge < -0.3 is 10.0 Å². The summed E-state index contributed by atoms with van der Waals surface area (Å²) < 4.78 is 39.1. The van der Waals surface area contributed by atoms with Crippen LogP contribution in [0, 0.1) is 0 Å². The van der Waals surface area contributed by atoms with E-state index in [1.807, 2.05) is 42.5 Å². The Morgan fingerprint density at radius 3 is 2.30 bits per heavy atom. The topological polar surface area (TPSA) is 40.5 Å². The van der Waals surface area contributed by atoms with Crippen molar-refractivity contribution in [3.8, 4) is 11.1 Å². The van der Waals surface area contributed by atoms with Crippen LogP contribution in [0.4, 0.5) is 13.2 Å². The summed E-state index contributed by atoms with van der Waals surface area (Å²) in [6.07, 6.45) is -3.96. The maximum atomic E-state index is 13.0. The molecule has 4 rings (SSSR count). The van der Waals surface area contributed by atoms with Gasteiger partial charge in [-0.25, -0.2) is 0 Å². The fourth-order valence-corrected chi connectivity index (χ4v) is 4.52. The quantitative estimate of drug-likeness (QED) is 0.499. The Balaban J connectivity index is 1.40. The zero-order valence-corrected chi connectivity index (χ0v) is 18.5. The smallest absolute Gasteiger partial charge is 0.385 e. The van der Waals surface area contributed by atoms with Crippen LogP contribution in [-0.2, 0) is 23.0 Å². The van der Waals surface area contributed by atoms with E-state index >= 15 is 0 Å². The summed E-state index contributed by atoms with van der Waals surface area (Å²) in [6.45, 7) is 0.531. The molecule has 3 aromatic carbocycles. The average Bonchev–Trinajstić information content (AvgIpc) is 2.80. The molecule has 0 aliphatic carbocycles. The van der Waals surface area contributed by atoms with Crippen LogP contribution in [0.25, 0.3) is 11.1 Å². The van der Waals surface area contributed by atoms with Gasteiger partial charge in [0.2, 0.25) is 5.91 Å². The van der Waals surface area contributed by atoms with Crippen molar-refractivity contribution in [1.82, 2.24) is 4.90 Å². The van der Waals surface area contributed by atoms with Gasteiger partial charge in [0.1, 0.15) is 0 Å². The van der Waals surface area contributed by atoms with E-state index in [2.05, 4.69) is 0 Å². The van der Waals surface area contributed by atoms with Crippen molar-refractivity contribution < 1.29 is 23.1 Å². The number of nitrogens with zero attached hydrogens (tertiary/aromatic N) is 1. The molecule has 3 aromatic rings. The SMILES string of the molecule is O=C(Cc1ccc(-c2ccccc2)c(Cl)c1)N1CCC(O)(c2cccc(C(F)(F)F)c2)CC1. The molecule has 172 valence electrons. The van der Waals surface area contributed by atoms with E-state index in [1.165, 1.54) is 12.1 Å². The van der Waals surface area contributed by atoms with Crippen LogP contribution in [0.15, 0.2) is 72.8 Å². The first-order chi connectivity index (χ1) is 15.7. The Kier molecular flexibility index (Phi) is 6.50. The molecule has 1 aliphatic heterocycles. The minimum absolute atomic E-state index is 0.107. The molecular weight excluding hydrogens is 451 g/mol. The van der Waals surface area contributed by atoms with E-state index in [0.717, 1.165) is 28.8 Å². The highest BCUT2D eigenvalue weighted by molar-refractivity contribution is 6.33. The third kappa shape index (κ3) is 5.23. The number of hydrogen-bond acceptors (Lipinski definition) is 2. The summed E-state index contributed by atoms with van der Waals surface area (Å²) in [6, 6.07) is 20.0. The maximum Gasteiger partial charge on any atom is 0.416 e. The number of amides is 1. The summed E-state index contributed by atoms with van der Waals surface area (Å²) in [4.78, 5) is 14.5. The van der Waals surface area contributed by atoms with Gasteiger partial charge in [0.15, 0.2) is 0 Å². The first-order valence-corrected chi connectivity index (χ1v) is 11.1. The molecule has 1 N–H and O–H groups in total. The molecule has 1 fully saturated rings. The van der Waals surface area contributed by atoms with E-state index in [4.69, 9.17) is 11.6 Å². The van der Waals surface area contributed by atoms with Crippen molar-refractivity contribution in [2.24, 2.45) is 0 Å². The third-order valence-corrected chi connectivity index (χ3v) is 6.46. The number of hydrogen-bond donors (Lipinski definition) is 1. The van der Waals surface area contributed by atoms with Crippen LogP contribution in [0.3, 0.4) is 0 Å². The molecule has 0 spiro atoms. The van der Waals surface area contributed by atoms with Crippen LogP contribution in [0.2, 0.25) is 5.02 Å². The normalized spacial score (nSPS) is 16.0. The standard InChI is InChI=1S/C26H23ClF3NO2/c27-23-15-18(9-10-22(23)19-5-2-1-3-6-19)16-24(32)31-13-11-25(33,12-14-31)20-7-4-8-21(17-20)26(28,29)30/h1-10,15,17,33H,11-14,16H2. The lowest BCUT2D eigenvalue weighted by atomic mass is 9.83. The highest BCUT2D eigenvalue weighted by atomic mass is 35.5. The first kappa shape index (κ1) is 23.3. The summed E-state index contributed by atoms with van der Waals surface area (Å²) in [5.74, 6) is -0.107. The molecule has 1 amide bonds. The summed E-state index contributed by atoms with van der Waals surface area (Å²) >= 11 is 6.45. The molecule has 0 radical (unpaired) electrons. The Morgan fingerprint density at radius 1 is 0.970 bits per heavy atom. The van der Waals surface area contributed by atoms with Crippen molar-refractivity contribution >= 4 is 17.5 Å². The molecule has 33 heavy (non-hydrogen) atoms. The van der Waals surface area contributed by atoms with Crippen molar-refractivity contribution in [3.05, 3.63) is 94.5 Å². The van der Waals surface area contributed by atoms with Crippen molar-refractivity contribution in [2.75, 3.05) is 13.1 Å². The minimum atomic E-state index is -4.47. The molecule has 1 saturated heterocycles. The van der Waals surface area contributed by atoms with Gasteiger partial charge in [-0.15, -0.1) is 0 Å². The lowest BCUT2D eigenvalue weighted by molar-refractivity contribution is -0.137. The highest BCUT2D eigenvalue weighted by Gasteiger charge is 2.37. The first-order valence-electron chi connectivity index (χ1n) is 10.7. The Labute approximate surface area is 195 Å². The Hall–Kier alpha value is -2.83. The largest absolute Gasteiger partial charge is 0.416 e. The molecule has 0 bridgehead atoms. The molecule has 1 heterocycles. The monoisotopic (exact) mass is 473 g/mol. The van der Waals surface area contributed by atoms with Crippen LogP contribution in [0.5, 0.6) is 0 Å². The molecule has 7 heteroatoms. The number of piperidine rings is 1. The number of carbonyl (C=O) groups is 1. The van der Waals surface area contributed by atoms with Crippen LogP contribution < -0.4 is 0 Å². The van der Waals surface area contributed by atoms with Crippen molar-refractivity contribution in [2.45, 2.75) is 31.0 Å². The Bertz CT molecular complexity index is 1140. The second-order valence-corrected chi connectivity index (χ2v) is 8.76. The van der Waals surface area contributed by atoms with Gasteiger partial charge in [0.05, 0.1) is 17.6 Å². The zero-order valence-electron chi connectivity index (χ0n) is 17.8. The molecule has 0 saturated carbocycles. The van der Waals surface area contributed by atoms with Crippen molar-refractivity contribution in [1.29, 1.82) is 0 Å². The summed E-state index contributed by atoms with van der Waals surface area (Å²) in [7, 11) is 0. The van der Waals surface area contributed by atoms with E-state index in [9.17, 15) is 23.1 Å². The second-order valence-electron chi connectivity index (χ2n) is 8.35. The van der Waals surface area contributed by atoms with Gasteiger partial charge >= 0.3 is 6.18 Å². The number of likely N-dealkylation sites (tertiary alicyclic amines) is 1. The fraction of sp³-hybridized carbons (Fsp3) is 0.269. The number of benzene rings is 3. The maximum absolute atomic E-state index is 13.0. The number of aliphatic hydroxyl groups is 1.